The van der Waals surface area contributed by atoms with Gasteiger partial charge in [-0.25, -0.2) is 4.98 Å². The van der Waals surface area contributed by atoms with E-state index in [9.17, 15) is 4.79 Å². The van der Waals surface area contributed by atoms with Gasteiger partial charge in [-0.3, -0.25) is 4.79 Å². The number of amides is 1. The molecular formula is C8H10N2OS. The van der Waals surface area contributed by atoms with Gasteiger partial charge in [0.1, 0.15) is 5.82 Å². The van der Waals surface area contributed by atoms with Crippen molar-refractivity contribution in [1.29, 1.82) is 0 Å². The molecule has 0 saturated carbocycles. The summed E-state index contributed by atoms with van der Waals surface area (Å²) in [6.07, 6.45) is 1.94. The summed E-state index contributed by atoms with van der Waals surface area (Å²) in [7, 11) is 0. The maximum absolute atomic E-state index is 10.7. The molecule has 0 saturated heterocycles. The summed E-state index contributed by atoms with van der Waals surface area (Å²) in [6.45, 7) is 1.47. The van der Waals surface area contributed by atoms with Crippen LogP contribution in [0.25, 0.3) is 0 Å². The van der Waals surface area contributed by atoms with Crippen LogP contribution in [-0.2, 0) is 4.79 Å². The minimum Gasteiger partial charge on any atom is -0.311 e. The van der Waals surface area contributed by atoms with Gasteiger partial charge in [0, 0.05) is 6.92 Å². The molecule has 0 aliphatic heterocycles. The molecule has 0 atom stereocenters. The van der Waals surface area contributed by atoms with Gasteiger partial charge in [-0.05, 0) is 18.4 Å². The Kier molecular flexibility index (Phi) is 3.10. The van der Waals surface area contributed by atoms with Gasteiger partial charge in [-0.15, -0.1) is 11.8 Å². The van der Waals surface area contributed by atoms with Crippen LogP contribution in [0, 0.1) is 0 Å². The van der Waals surface area contributed by atoms with Gasteiger partial charge < -0.3 is 5.32 Å². The number of pyridine rings is 1. The van der Waals surface area contributed by atoms with Crippen molar-refractivity contribution < 1.29 is 4.79 Å². The lowest BCUT2D eigenvalue weighted by Gasteiger charge is -2.01. The molecule has 12 heavy (non-hydrogen) atoms. The molecule has 0 radical (unpaired) electrons. The van der Waals surface area contributed by atoms with E-state index in [4.69, 9.17) is 0 Å². The molecular weight excluding hydrogens is 172 g/mol. The number of hydrogen-bond acceptors (Lipinski definition) is 3. The molecule has 4 heteroatoms. The average molecular weight is 182 g/mol. The zero-order valence-corrected chi connectivity index (χ0v) is 7.81. The quantitative estimate of drug-likeness (QED) is 0.709. The van der Waals surface area contributed by atoms with Crippen molar-refractivity contribution in [3.05, 3.63) is 18.2 Å². The molecule has 64 valence electrons. The fourth-order valence-electron chi connectivity index (χ4n) is 0.778. The third-order valence-corrected chi connectivity index (χ3v) is 1.88. The Bertz CT molecular complexity index is 288. The lowest BCUT2D eigenvalue weighted by Crippen LogP contribution is -2.07. The molecule has 3 nitrogen and oxygen atoms in total. The first kappa shape index (κ1) is 9.06. The maximum atomic E-state index is 10.7. The van der Waals surface area contributed by atoms with Gasteiger partial charge in [0.05, 0.1) is 5.03 Å². The monoisotopic (exact) mass is 182 g/mol. The van der Waals surface area contributed by atoms with Crippen LogP contribution in [0.5, 0.6) is 0 Å². The zero-order valence-electron chi connectivity index (χ0n) is 7.00. The first-order chi connectivity index (χ1) is 5.72. The van der Waals surface area contributed by atoms with Crippen molar-refractivity contribution in [2.75, 3.05) is 11.6 Å². The summed E-state index contributed by atoms with van der Waals surface area (Å²) in [5, 5.41) is 3.52. The lowest BCUT2D eigenvalue weighted by atomic mass is 10.4. The summed E-state index contributed by atoms with van der Waals surface area (Å²) in [4.78, 5) is 14.8. The van der Waals surface area contributed by atoms with Crippen molar-refractivity contribution >= 4 is 23.5 Å². The second-order valence-electron chi connectivity index (χ2n) is 2.25. The number of nitrogens with zero attached hydrogens (tertiary/aromatic N) is 1. The zero-order chi connectivity index (χ0) is 8.97. The number of thioether (sulfide) groups is 1. The van der Waals surface area contributed by atoms with Crippen LogP contribution in [0.2, 0.25) is 0 Å². The third kappa shape index (κ3) is 2.54. The molecule has 0 aliphatic carbocycles. The van der Waals surface area contributed by atoms with E-state index in [1.165, 1.54) is 6.92 Å². The predicted octanol–water partition coefficient (Wildman–Crippen LogP) is 1.76. The lowest BCUT2D eigenvalue weighted by molar-refractivity contribution is -0.114. The average Bonchev–Trinajstić information content (AvgIpc) is 2.03. The van der Waals surface area contributed by atoms with Gasteiger partial charge in [0.25, 0.3) is 0 Å². The van der Waals surface area contributed by atoms with Crippen LogP contribution < -0.4 is 5.32 Å². The Balaban J connectivity index is 2.79. The largest absolute Gasteiger partial charge is 0.311 e. The van der Waals surface area contributed by atoms with E-state index in [2.05, 4.69) is 10.3 Å². The Morgan fingerprint density at radius 1 is 1.58 bits per heavy atom. The molecule has 0 aliphatic rings. The number of hydrogen-bond donors (Lipinski definition) is 1. The highest BCUT2D eigenvalue weighted by molar-refractivity contribution is 7.98. The number of anilines is 1. The Hall–Kier alpha value is -1.03. The van der Waals surface area contributed by atoms with E-state index >= 15 is 0 Å². The third-order valence-electron chi connectivity index (χ3n) is 1.24. The van der Waals surface area contributed by atoms with Crippen LogP contribution in [0.3, 0.4) is 0 Å². The standard InChI is InChI=1S/C8H10N2OS/c1-6(11)9-7-4-3-5-8(10-7)12-2/h3-5H,1-2H3,(H,9,10,11). The fraction of sp³-hybridized carbons (Fsp3) is 0.250. The molecule has 0 aromatic carbocycles. The maximum Gasteiger partial charge on any atom is 0.222 e. The highest BCUT2D eigenvalue weighted by Gasteiger charge is 1.97. The fourth-order valence-corrected chi connectivity index (χ4v) is 1.18. The molecule has 1 amide bonds. The Labute approximate surface area is 75.6 Å². The van der Waals surface area contributed by atoms with Crippen molar-refractivity contribution in [2.24, 2.45) is 0 Å². The molecule has 1 heterocycles. The van der Waals surface area contributed by atoms with Crippen LogP contribution >= 0.6 is 11.8 Å². The molecule has 1 aromatic rings. The number of carbonyl (C=O) groups excluding carboxylic acids is 1. The molecule has 1 N–H and O–H groups in total. The van der Waals surface area contributed by atoms with E-state index in [1.54, 1.807) is 17.8 Å². The smallest absolute Gasteiger partial charge is 0.222 e. The van der Waals surface area contributed by atoms with Crippen molar-refractivity contribution in [1.82, 2.24) is 4.98 Å². The normalized spacial score (nSPS) is 9.50. The van der Waals surface area contributed by atoms with E-state index in [1.807, 2.05) is 18.4 Å². The van der Waals surface area contributed by atoms with Crippen LogP contribution in [0.1, 0.15) is 6.92 Å². The van der Waals surface area contributed by atoms with E-state index < -0.39 is 0 Å². The summed E-state index contributed by atoms with van der Waals surface area (Å²) in [6, 6.07) is 5.53. The second-order valence-corrected chi connectivity index (χ2v) is 3.07. The van der Waals surface area contributed by atoms with Crippen molar-refractivity contribution in [3.63, 3.8) is 0 Å². The predicted molar refractivity (Wildman–Crippen MR) is 50.3 cm³/mol. The molecule has 1 rings (SSSR count). The number of carbonyl (C=O) groups is 1. The van der Waals surface area contributed by atoms with Crippen molar-refractivity contribution in [2.45, 2.75) is 11.9 Å². The summed E-state index contributed by atoms with van der Waals surface area (Å²) >= 11 is 1.55. The summed E-state index contributed by atoms with van der Waals surface area (Å²) in [5.41, 5.74) is 0. The summed E-state index contributed by atoms with van der Waals surface area (Å²) in [5.74, 6) is 0.509. The minimum atomic E-state index is -0.0965. The van der Waals surface area contributed by atoms with Gasteiger partial charge in [-0.2, -0.15) is 0 Å². The molecule has 0 unspecified atom stereocenters. The van der Waals surface area contributed by atoms with E-state index in [0.29, 0.717) is 5.82 Å². The van der Waals surface area contributed by atoms with Gasteiger partial charge in [-0.1, -0.05) is 6.07 Å². The Morgan fingerprint density at radius 3 is 2.92 bits per heavy atom. The highest BCUT2D eigenvalue weighted by Crippen LogP contribution is 2.13. The number of rotatable bonds is 2. The molecule has 0 bridgehead atoms. The molecule has 0 fully saturated rings. The second kappa shape index (κ2) is 4.11. The molecule has 1 aromatic heterocycles. The van der Waals surface area contributed by atoms with Gasteiger partial charge in [0.15, 0.2) is 0 Å². The van der Waals surface area contributed by atoms with E-state index in [0.717, 1.165) is 5.03 Å². The minimum absolute atomic E-state index is 0.0965. The van der Waals surface area contributed by atoms with Crippen LogP contribution in [-0.4, -0.2) is 17.1 Å². The number of aromatic nitrogens is 1. The number of nitrogens with one attached hydrogen (secondary N) is 1. The van der Waals surface area contributed by atoms with Crippen LogP contribution in [0.15, 0.2) is 23.2 Å². The Morgan fingerprint density at radius 2 is 2.33 bits per heavy atom. The highest BCUT2D eigenvalue weighted by atomic mass is 32.2. The summed E-state index contributed by atoms with van der Waals surface area (Å²) < 4.78 is 0. The van der Waals surface area contributed by atoms with Gasteiger partial charge in [0.2, 0.25) is 5.91 Å². The first-order valence-corrected chi connectivity index (χ1v) is 4.73. The topological polar surface area (TPSA) is 42.0 Å². The first-order valence-electron chi connectivity index (χ1n) is 3.51. The van der Waals surface area contributed by atoms with Gasteiger partial charge >= 0.3 is 0 Å². The van der Waals surface area contributed by atoms with Crippen LogP contribution in [0.4, 0.5) is 5.82 Å². The van der Waals surface area contributed by atoms with E-state index in [-0.39, 0.29) is 5.91 Å². The SMILES string of the molecule is CSc1cccc(NC(C)=O)n1. The molecule has 0 spiro atoms. The van der Waals surface area contributed by atoms with Crippen molar-refractivity contribution in [3.8, 4) is 0 Å².